The zero-order valence-corrected chi connectivity index (χ0v) is 11.4. The second-order valence-electron chi connectivity index (χ2n) is 4.39. The van der Waals surface area contributed by atoms with Gasteiger partial charge in [-0.15, -0.1) is 0 Å². The minimum Gasteiger partial charge on any atom is -0.359 e. The fourth-order valence-corrected chi connectivity index (χ4v) is 1.73. The first-order chi connectivity index (χ1) is 9.08. The van der Waals surface area contributed by atoms with Gasteiger partial charge in [-0.05, 0) is 18.1 Å². The van der Waals surface area contributed by atoms with Crippen LogP contribution in [0.2, 0.25) is 0 Å². The molecule has 2 amide bonds. The summed E-state index contributed by atoms with van der Waals surface area (Å²) in [5.74, 6) is -0.314. The summed E-state index contributed by atoms with van der Waals surface area (Å²) in [5.41, 5.74) is 7.18. The highest BCUT2D eigenvalue weighted by Gasteiger charge is 2.14. The molecule has 0 aliphatic rings. The van der Waals surface area contributed by atoms with Gasteiger partial charge < -0.3 is 16.4 Å². The smallest absolute Gasteiger partial charge is 0.241 e. The minimum absolute atomic E-state index is 0.0976. The topological polar surface area (TPSA) is 84.2 Å². The highest BCUT2D eigenvalue weighted by atomic mass is 16.2. The van der Waals surface area contributed by atoms with Crippen LogP contribution in [0.5, 0.6) is 0 Å². The first kappa shape index (κ1) is 15.2. The molecule has 0 heterocycles. The maximum absolute atomic E-state index is 11.9. The molecule has 1 rings (SSSR count). The monoisotopic (exact) mass is 263 g/mol. The number of anilines is 1. The summed E-state index contributed by atoms with van der Waals surface area (Å²) in [6.07, 6.45) is 1.73. The molecule has 0 aromatic heterocycles. The lowest BCUT2D eigenvalue weighted by Crippen LogP contribution is -2.35. The third kappa shape index (κ3) is 4.71. The molecular weight excluding hydrogens is 242 g/mol. The molecule has 0 radical (unpaired) electrons. The Bertz CT molecular complexity index is 446. The van der Waals surface area contributed by atoms with Gasteiger partial charge in [0.15, 0.2) is 0 Å². The van der Waals surface area contributed by atoms with Gasteiger partial charge in [0.1, 0.15) is 0 Å². The molecule has 19 heavy (non-hydrogen) atoms. The maximum atomic E-state index is 11.9. The van der Waals surface area contributed by atoms with E-state index in [2.05, 4.69) is 10.6 Å². The van der Waals surface area contributed by atoms with E-state index in [1.54, 1.807) is 13.1 Å². The summed E-state index contributed by atoms with van der Waals surface area (Å²) in [4.78, 5) is 23.3. The molecule has 0 saturated carbocycles. The predicted octanol–water partition coefficient (Wildman–Crippen LogP) is 1.04. The van der Waals surface area contributed by atoms with Crippen molar-refractivity contribution < 1.29 is 9.59 Å². The molecular formula is C14H21N3O2. The number of hydrogen-bond acceptors (Lipinski definition) is 3. The molecule has 0 aliphatic heterocycles. The van der Waals surface area contributed by atoms with E-state index in [9.17, 15) is 9.59 Å². The first-order valence-corrected chi connectivity index (χ1v) is 6.43. The number of carbonyl (C=O) groups excluding carboxylic acids is 2. The van der Waals surface area contributed by atoms with Crippen molar-refractivity contribution in [3.05, 3.63) is 29.8 Å². The quantitative estimate of drug-likeness (QED) is 0.717. The fourth-order valence-electron chi connectivity index (χ4n) is 1.73. The molecule has 0 unspecified atom stereocenters. The number of amides is 2. The molecule has 0 aliphatic carbocycles. The standard InChI is InChI=1S/C14H21N3O2/c1-3-6-11(15)14(19)17-12-8-5-4-7-10(12)9-13(18)16-2/h4-5,7-8,11H,3,6,9,15H2,1-2H3,(H,16,18)(H,17,19)/t11-/m1/s1. The van der Waals surface area contributed by atoms with Gasteiger partial charge in [0, 0.05) is 12.7 Å². The van der Waals surface area contributed by atoms with Crippen LogP contribution < -0.4 is 16.4 Å². The fraction of sp³-hybridized carbons (Fsp3) is 0.429. The van der Waals surface area contributed by atoms with Crippen LogP contribution >= 0.6 is 0 Å². The second kappa shape index (κ2) is 7.53. The van der Waals surface area contributed by atoms with E-state index < -0.39 is 6.04 Å². The Morgan fingerprint density at radius 3 is 2.63 bits per heavy atom. The van der Waals surface area contributed by atoms with Gasteiger partial charge >= 0.3 is 0 Å². The van der Waals surface area contributed by atoms with E-state index in [1.807, 2.05) is 25.1 Å². The number of nitrogens with two attached hydrogens (primary N) is 1. The number of likely N-dealkylation sites (N-methyl/N-ethyl adjacent to an activating group) is 1. The average Bonchev–Trinajstić information content (AvgIpc) is 2.41. The van der Waals surface area contributed by atoms with Gasteiger partial charge in [-0.3, -0.25) is 9.59 Å². The zero-order chi connectivity index (χ0) is 14.3. The molecule has 0 spiro atoms. The lowest BCUT2D eigenvalue weighted by Gasteiger charge is -2.14. The Balaban J connectivity index is 2.77. The summed E-state index contributed by atoms with van der Waals surface area (Å²) >= 11 is 0. The van der Waals surface area contributed by atoms with Gasteiger partial charge in [-0.2, -0.15) is 0 Å². The summed E-state index contributed by atoms with van der Waals surface area (Å²) in [6.45, 7) is 1.98. The maximum Gasteiger partial charge on any atom is 0.241 e. The van der Waals surface area contributed by atoms with Crippen molar-refractivity contribution in [1.29, 1.82) is 0 Å². The summed E-state index contributed by atoms with van der Waals surface area (Å²) in [7, 11) is 1.58. The Hall–Kier alpha value is -1.88. The number of carbonyl (C=O) groups is 2. The zero-order valence-electron chi connectivity index (χ0n) is 11.4. The van der Waals surface area contributed by atoms with Crippen LogP contribution in [0.4, 0.5) is 5.69 Å². The van der Waals surface area contributed by atoms with Gasteiger partial charge in [0.05, 0.1) is 12.5 Å². The Morgan fingerprint density at radius 1 is 1.32 bits per heavy atom. The number of para-hydroxylation sites is 1. The third-order valence-corrected chi connectivity index (χ3v) is 2.84. The van der Waals surface area contributed by atoms with Crippen molar-refractivity contribution in [1.82, 2.24) is 5.32 Å². The molecule has 1 atom stereocenters. The number of hydrogen-bond donors (Lipinski definition) is 3. The second-order valence-corrected chi connectivity index (χ2v) is 4.39. The Morgan fingerprint density at radius 2 is 2.00 bits per heavy atom. The summed E-state index contributed by atoms with van der Waals surface area (Å²) in [5, 5.41) is 5.34. The van der Waals surface area contributed by atoms with Gasteiger partial charge in [-0.25, -0.2) is 0 Å². The average molecular weight is 263 g/mol. The molecule has 5 heteroatoms. The van der Waals surface area contributed by atoms with E-state index in [1.165, 1.54) is 0 Å². The molecule has 104 valence electrons. The summed E-state index contributed by atoms with van der Waals surface area (Å²) in [6, 6.07) is 6.72. The van der Waals surface area contributed by atoms with Crippen LogP contribution in [0.25, 0.3) is 0 Å². The van der Waals surface area contributed by atoms with E-state index in [4.69, 9.17) is 5.73 Å². The lowest BCUT2D eigenvalue weighted by atomic mass is 10.1. The number of nitrogens with one attached hydrogen (secondary N) is 2. The minimum atomic E-state index is -0.516. The van der Waals surface area contributed by atoms with E-state index in [0.29, 0.717) is 12.1 Å². The van der Waals surface area contributed by atoms with Gasteiger partial charge in [-0.1, -0.05) is 31.5 Å². The molecule has 0 bridgehead atoms. The molecule has 5 nitrogen and oxygen atoms in total. The molecule has 1 aromatic carbocycles. The Labute approximate surface area is 113 Å². The SMILES string of the molecule is CCC[C@@H](N)C(=O)Nc1ccccc1CC(=O)NC. The highest BCUT2D eigenvalue weighted by molar-refractivity contribution is 5.96. The Kier molecular flexibility index (Phi) is 6.02. The molecule has 4 N–H and O–H groups in total. The van der Waals surface area contributed by atoms with Crippen molar-refractivity contribution in [3.8, 4) is 0 Å². The van der Waals surface area contributed by atoms with Crippen LogP contribution in [0, 0.1) is 0 Å². The normalized spacial score (nSPS) is 11.7. The molecule has 1 aromatic rings. The lowest BCUT2D eigenvalue weighted by molar-refractivity contribution is -0.120. The number of benzene rings is 1. The summed E-state index contributed by atoms with van der Waals surface area (Å²) < 4.78 is 0. The first-order valence-electron chi connectivity index (χ1n) is 6.43. The van der Waals surface area contributed by atoms with E-state index >= 15 is 0 Å². The number of rotatable bonds is 6. The van der Waals surface area contributed by atoms with E-state index in [-0.39, 0.29) is 18.2 Å². The van der Waals surface area contributed by atoms with Gasteiger partial charge in [0.25, 0.3) is 0 Å². The van der Waals surface area contributed by atoms with Crippen LogP contribution in [0.1, 0.15) is 25.3 Å². The van der Waals surface area contributed by atoms with Crippen molar-refractivity contribution in [2.24, 2.45) is 5.73 Å². The van der Waals surface area contributed by atoms with Crippen molar-refractivity contribution in [2.75, 3.05) is 12.4 Å². The van der Waals surface area contributed by atoms with Gasteiger partial charge in [0.2, 0.25) is 11.8 Å². The molecule has 0 fully saturated rings. The molecule has 0 saturated heterocycles. The largest absolute Gasteiger partial charge is 0.359 e. The van der Waals surface area contributed by atoms with Crippen molar-refractivity contribution in [2.45, 2.75) is 32.2 Å². The van der Waals surface area contributed by atoms with Crippen LogP contribution in [0.15, 0.2) is 24.3 Å². The van der Waals surface area contributed by atoms with Crippen molar-refractivity contribution >= 4 is 17.5 Å². The van der Waals surface area contributed by atoms with E-state index in [0.717, 1.165) is 12.0 Å². The van der Waals surface area contributed by atoms with Crippen LogP contribution in [-0.4, -0.2) is 24.9 Å². The highest BCUT2D eigenvalue weighted by Crippen LogP contribution is 2.16. The third-order valence-electron chi connectivity index (χ3n) is 2.84. The van der Waals surface area contributed by atoms with Crippen LogP contribution in [-0.2, 0) is 16.0 Å². The van der Waals surface area contributed by atoms with Crippen molar-refractivity contribution in [3.63, 3.8) is 0 Å². The predicted molar refractivity (Wildman–Crippen MR) is 75.7 cm³/mol. The van der Waals surface area contributed by atoms with Crippen LogP contribution in [0.3, 0.4) is 0 Å².